The van der Waals surface area contributed by atoms with Crippen LogP contribution in [-0.2, 0) is 4.74 Å². The lowest BCUT2D eigenvalue weighted by atomic mass is 9.72. The molecule has 0 spiro atoms. The molecular formula is C17H34N2O. The van der Waals surface area contributed by atoms with Gasteiger partial charge < -0.3 is 10.5 Å². The van der Waals surface area contributed by atoms with E-state index in [0.717, 1.165) is 19.5 Å². The third kappa shape index (κ3) is 2.53. The summed E-state index contributed by atoms with van der Waals surface area (Å²) in [4.78, 5) is 2.64. The summed E-state index contributed by atoms with van der Waals surface area (Å²) in [5.74, 6) is 0. The molecule has 0 radical (unpaired) electrons. The fourth-order valence-electron chi connectivity index (χ4n) is 4.51. The number of hydrogen-bond donors (Lipinski definition) is 1. The first-order chi connectivity index (χ1) is 9.10. The van der Waals surface area contributed by atoms with Gasteiger partial charge in [0.05, 0.1) is 16.7 Å². The summed E-state index contributed by atoms with van der Waals surface area (Å²) >= 11 is 0. The van der Waals surface area contributed by atoms with Crippen molar-refractivity contribution in [1.29, 1.82) is 0 Å². The third-order valence-corrected chi connectivity index (χ3v) is 6.14. The predicted octanol–water partition coefficient (Wildman–Crippen LogP) is 3.17. The van der Waals surface area contributed by atoms with Gasteiger partial charge in [-0.15, -0.1) is 0 Å². The predicted molar refractivity (Wildman–Crippen MR) is 84.9 cm³/mol. The molecule has 118 valence electrons. The molecule has 0 aromatic heterocycles. The number of piperidine rings is 1. The van der Waals surface area contributed by atoms with Crippen molar-refractivity contribution in [1.82, 2.24) is 4.90 Å². The summed E-state index contributed by atoms with van der Waals surface area (Å²) in [6.07, 6.45) is 4.87. The Balaban J connectivity index is 2.21. The van der Waals surface area contributed by atoms with E-state index in [4.69, 9.17) is 10.5 Å². The molecule has 3 nitrogen and oxygen atoms in total. The van der Waals surface area contributed by atoms with Crippen LogP contribution in [0.15, 0.2) is 0 Å². The molecule has 0 amide bonds. The number of likely N-dealkylation sites (tertiary alicyclic amines) is 1. The largest absolute Gasteiger partial charge is 0.368 e. The minimum absolute atomic E-state index is 0.00836. The van der Waals surface area contributed by atoms with E-state index in [9.17, 15) is 0 Å². The molecule has 0 bridgehead atoms. The lowest BCUT2D eigenvalue weighted by Gasteiger charge is -2.52. The summed E-state index contributed by atoms with van der Waals surface area (Å²) in [6, 6.07) is 0. The Labute approximate surface area is 125 Å². The van der Waals surface area contributed by atoms with Crippen molar-refractivity contribution in [2.24, 2.45) is 11.1 Å². The van der Waals surface area contributed by atoms with Crippen molar-refractivity contribution < 1.29 is 4.74 Å². The van der Waals surface area contributed by atoms with Crippen LogP contribution in [0, 0.1) is 5.41 Å². The third-order valence-electron chi connectivity index (χ3n) is 6.14. The molecule has 2 N–H and O–H groups in total. The van der Waals surface area contributed by atoms with Gasteiger partial charge in [-0.1, -0.05) is 20.3 Å². The topological polar surface area (TPSA) is 38.5 Å². The molecule has 2 saturated heterocycles. The molecule has 2 aliphatic heterocycles. The molecule has 0 aromatic carbocycles. The summed E-state index contributed by atoms with van der Waals surface area (Å²) < 4.78 is 6.35. The Hall–Kier alpha value is -0.120. The van der Waals surface area contributed by atoms with Gasteiger partial charge in [0.2, 0.25) is 0 Å². The van der Waals surface area contributed by atoms with E-state index < -0.39 is 0 Å². The van der Waals surface area contributed by atoms with Crippen LogP contribution in [0.1, 0.15) is 67.2 Å². The zero-order valence-electron chi connectivity index (χ0n) is 14.4. The van der Waals surface area contributed by atoms with Crippen LogP contribution in [0.3, 0.4) is 0 Å². The van der Waals surface area contributed by atoms with Crippen LogP contribution in [0.4, 0.5) is 0 Å². The molecule has 0 aliphatic carbocycles. The van der Waals surface area contributed by atoms with E-state index in [2.05, 4.69) is 46.4 Å². The van der Waals surface area contributed by atoms with Crippen molar-refractivity contribution in [3.05, 3.63) is 0 Å². The van der Waals surface area contributed by atoms with Crippen molar-refractivity contribution in [2.45, 2.75) is 84.0 Å². The summed E-state index contributed by atoms with van der Waals surface area (Å²) in [7, 11) is 0. The number of nitrogens with zero attached hydrogens (tertiary/aromatic N) is 1. The number of nitrogens with two attached hydrogens (primary N) is 1. The Bertz CT molecular complexity index is 356. The quantitative estimate of drug-likeness (QED) is 0.864. The molecular weight excluding hydrogens is 248 g/mol. The van der Waals surface area contributed by atoms with Crippen molar-refractivity contribution in [3.8, 4) is 0 Å². The second kappa shape index (κ2) is 4.96. The van der Waals surface area contributed by atoms with Crippen molar-refractivity contribution in [2.75, 3.05) is 19.6 Å². The maximum absolute atomic E-state index is 6.35. The van der Waals surface area contributed by atoms with Crippen LogP contribution in [0.2, 0.25) is 0 Å². The van der Waals surface area contributed by atoms with E-state index in [0.29, 0.717) is 12.0 Å². The molecule has 0 saturated carbocycles. The smallest absolute Gasteiger partial charge is 0.0830 e. The minimum atomic E-state index is -0.175. The molecule has 2 fully saturated rings. The fourth-order valence-corrected chi connectivity index (χ4v) is 4.51. The number of ether oxygens (including phenoxy) is 1. The van der Waals surface area contributed by atoms with Gasteiger partial charge >= 0.3 is 0 Å². The van der Waals surface area contributed by atoms with Gasteiger partial charge in [0, 0.05) is 6.54 Å². The van der Waals surface area contributed by atoms with E-state index in [-0.39, 0.29) is 16.7 Å². The highest BCUT2D eigenvalue weighted by Gasteiger charge is 2.59. The average molecular weight is 282 g/mol. The van der Waals surface area contributed by atoms with Crippen molar-refractivity contribution in [3.63, 3.8) is 0 Å². The summed E-state index contributed by atoms with van der Waals surface area (Å²) in [5.41, 5.74) is 6.54. The first kappa shape index (κ1) is 16.3. The maximum atomic E-state index is 6.35. The first-order valence-corrected chi connectivity index (χ1v) is 8.25. The van der Waals surface area contributed by atoms with Gasteiger partial charge in [0.1, 0.15) is 0 Å². The number of rotatable bonds is 3. The Morgan fingerprint density at radius 2 is 1.60 bits per heavy atom. The molecule has 2 aliphatic rings. The highest BCUT2D eigenvalue weighted by molar-refractivity contribution is 5.14. The lowest BCUT2D eigenvalue weighted by molar-refractivity contribution is -0.111. The molecule has 20 heavy (non-hydrogen) atoms. The minimum Gasteiger partial charge on any atom is -0.368 e. The van der Waals surface area contributed by atoms with Crippen LogP contribution >= 0.6 is 0 Å². The summed E-state index contributed by atoms with van der Waals surface area (Å²) in [5, 5.41) is 0. The highest BCUT2D eigenvalue weighted by Crippen LogP contribution is 2.49. The van der Waals surface area contributed by atoms with E-state index in [1.54, 1.807) is 0 Å². The molecule has 2 rings (SSSR count). The summed E-state index contributed by atoms with van der Waals surface area (Å²) in [6.45, 7) is 16.6. The zero-order valence-corrected chi connectivity index (χ0v) is 14.4. The molecule has 1 atom stereocenters. The lowest BCUT2D eigenvalue weighted by Crippen LogP contribution is -2.65. The van der Waals surface area contributed by atoms with Crippen LogP contribution in [-0.4, -0.2) is 41.3 Å². The van der Waals surface area contributed by atoms with Gasteiger partial charge in [0.15, 0.2) is 0 Å². The normalized spacial score (nSPS) is 36.1. The van der Waals surface area contributed by atoms with Gasteiger partial charge in [-0.05, 0) is 65.5 Å². The monoisotopic (exact) mass is 282 g/mol. The van der Waals surface area contributed by atoms with Gasteiger partial charge in [-0.25, -0.2) is 0 Å². The molecule has 1 unspecified atom stereocenters. The van der Waals surface area contributed by atoms with Crippen LogP contribution in [0.25, 0.3) is 0 Å². The van der Waals surface area contributed by atoms with E-state index in [1.807, 2.05) is 0 Å². The Morgan fingerprint density at radius 3 is 1.95 bits per heavy atom. The molecule has 2 heterocycles. The Morgan fingerprint density at radius 1 is 1.05 bits per heavy atom. The SMILES string of the molecule is CCC1(C)CCN(C2(CN)CC(C)(C)OC2(C)C)CC1. The molecule has 3 heteroatoms. The van der Waals surface area contributed by atoms with Gasteiger partial charge in [0.25, 0.3) is 0 Å². The van der Waals surface area contributed by atoms with Gasteiger partial charge in [-0.2, -0.15) is 0 Å². The number of hydrogen-bond acceptors (Lipinski definition) is 3. The van der Waals surface area contributed by atoms with E-state index >= 15 is 0 Å². The second-order valence-electron chi connectivity index (χ2n) is 8.44. The van der Waals surface area contributed by atoms with Crippen molar-refractivity contribution >= 4 is 0 Å². The molecule has 0 aromatic rings. The average Bonchev–Trinajstić information content (AvgIpc) is 2.55. The standard InChI is InChI=1S/C17H34N2O/c1-7-16(6)8-10-19(11-9-16)17(13-18)12-14(2,3)20-15(17,4)5/h7-13,18H2,1-6H3. The van der Waals surface area contributed by atoms with Crippen LogP contribution in [0.5, 0.6) is 0 Å². The maximum Gasteiger partial charge on any atom is 0.0830 e. The van der Waals surface area contributed by atoms with E-state index in [1.165, 1.54) is 19.3 Å². The fraction of sp³-hybridized carbons (Fsp3) is 1.00. The highest BCUT2D eigenvalue weighted by atomic mass is 16.5. The van der Waals surface area contributed by atoms with Gasteiger partial charge in [-0.3, -0.25) is 4.90 Å². The van der Waals surface area contributed by atoms with Crippen LogP contribution < -0.4 is 5.73 Å². The zero-order chi connectivity index (χ0) is 15.2. The Kier molecular flexibility index (Phi) is 4.03. The first-order valence-electron chi connectivity index (χ1n) is 8.25. The second-order valence-corrected chi connectivity index (χ2v) is 8.44.